The summed E-state index contributed by atoms with van der Waals surface area (Å²) >= 11 is 6.21. The first-order chi connectivity index (χ1) is 11.0. The molecule has 1 aromatic heterocycles. The number of rotatable bonds is 4. The maximum absolute atomic E-state index is 12.3. The Morgan fingerprint density at radius 2 is 2.17 bits per heavy atom. The first kappa shape index (κ1) is 16.0. The van der Waals surface area contributed by atoms with E-state index in [1.807, 2.05) is 55.0 Å². The molecule has 0 atom stereocenters. The monoisotopic (exact) mass is 332 g/mol. The van der Waals surface area contributed by atoms with Crippen LogP contribution in [-0.2, 0) is 17.9 Å². The Kier molecular flexibility index (Phi) is 4.41. The second-order valence-corrected chi connectivity index (χ2v) is 6.48. The number of likely N-dealkylation sites (N-methyl/N-ethyl adjacent to an activating group) is 1. The number of hydrogen-bond donors (Lipinski definition) is 0. The Balaban J connectivity index is 2.08. The van der Waals surface area contributed by atoms with Gasteiger partial charge in [-0.15, -0.1) is 0 Å². The van der Waals surface area contributed by atoms with Crippen molar-refractivity contribution in [2.45, 2.75) is 26.4 Å². The van der Waals surface area contributed by atoms with Gasteiger partial charge in [0.1, 0.15) is 0 Å². The third-order valence-corrected chi connectivity index (χ3v) is 4.35. The average molecular weight is 333 g/mol. The number of carbonyl (C=O) groups excluding carboxylic acids is 1. The van der Waals surface area contributed by atoms with Gasteiger partial charge in [-0.1, -0.05) is 18.5 Å². The van der Waals surface area contributed by atoms with E-state index in [4.69, 9.17) is 11.6 Å². The van der Waals surface area contributed by atoms with Gasteiger partial charge in [0.05, 0.1) is 30.7 Å². The van der Waals surface area contributed by atoms with Crippen LogP contribution >= 0.6 is 11.6 Å². The molecule has 0 fully saturated rings. The summed E-state index contributed by atoms with van der Waals surface area (Å²) in [6.07, 6.45) is 2.34. The molecule has 3 rings (SSSR count). The summed E-state index contributed by atoms with van der Waals surface area (Å²) in [5, 5.41) is 5.19. The van der Waals surface area contributed by atoms with E-state index in [1.54, 1.807) is 0 Å². The molecule has 0 aliphatic carbocycles. The third-order valence-electron chi connectivity index (χ3n) is 4.11. The number of halogens is 1. The molecule has 122 valence electrons. The summed E-state index contributed by atoms with van der Waals surface area (Å²) in [4.78, 5) is 16.3. The molecule has 0 saturated carbocycles. The fourth-order valence-corrected chi connectivity index (χ4v) is 3.09. The van der Waals surface area contributed by atoms with Crippen LogP contribution in [0.3, 0.4) is 0 Å². The molecule has 5 nitrogen and oxygen atoms in total. The first-order valence-electron chi connectivity index (χ1n) is 7.81. The minimum absolute atomic E-state index is 0.111. The molecule has 2 aromatic rings. The van der Waals surface area contributed by atoms with Crippen molar-refractivity contribution in [1.82, 2.24) is 14.7 Å². The van der Waals surface area contributed by atoms with Crippen molar-refractivity contribution in [3.8, 4) is 11.3 Å². The second-order valence-electron chi connectivity index (χ2n) is 6.04. The maximum atomic E-state index is 12.3. The highest BCUT2D eigenvalue weighted by molar-refractivity contribution is 6.31. The number of carbonyl (C=O) groups is 1. The maximum Gasteiger partial charge on any atom is 0.227 e. The molecule has 0 N–H and O–H groups in total. The molecule has 0 bridgehead atoms. The lowest BCUT2D eigenvalue weighted by atomic mass is 9.99. The van der Waals surface area contributed by atoms with Crippen LogP contribution < -0.4 is 4.90 Å². The minimum Gasteiger partial charge on any atom is -0.308 e. The summed E-state index contributed by atoms with van der Waals surface area (Å²) in [6, 6.07) is 5.69. The van der Waals surface area contributed by atoms with Gasteiger partial charge in [0.25, 0.3) is 0 Å². The third kappa shape index (κ3) is 2.99. The zero-order chi connectivity index (χ0) is 16.6. The molecule has 1 aliphatic rings. The van der Waals surface area contributed by atoms with Gasteiger partial charge in [-0.25, -0.2) is 0 Å². The van der Waals surface area contributed by atoms with Crippen LogP contribution in [0.2, 0.25) is 5.02 Å². The normalized spacial score (nSPS) is 13.2. The summed E-state index contributed by atoms with van der Waals surface area (Å²) in [5.74, 6) is 0.111. The molecule has 23 heavy (non-hydrogen) atoms. The van der Waals surface area contributed by atoms with Crippen molar-refractivity contribution < 1.29 is 4.79 Å². The van der Waals surface area contributed by atoms with Gasteiger partial charge in [0, 0.05) is 29.1 Å². The minimum atomic E-state index is 0.111. The fraction of sp³-hybridized carbons (Fsp3) is 0.412. The van der Waals surface area contributed by atoms with Gasteiger partial charge in [-0.3, -0.25) is 9.48 Å². The molecule has 1 aliphatic heterocycles. The topological polar surface area (TPSA) is 41.4 Å². The molecule has 2 heterocycles. The van der Waals surface area contributed by atoms with Gasteiger partial charge in [-0.05, 0) is 32.3 Å². The predicted molar refractivity (Wildman–Crippen MR) is 92.7 cm³/mol. The van der Waals surface area contributed by atoms with Gasteiger partial charge in [0.2, 0.25) is 5.91 Å². The number of aromatic nitrogens is 2. The lowest BCUT2D eigenvalue weighted by Crippen LogP contribution is -2.32. The largest absolute Gasteiger partial charge is 0.308 e. The number of fused-ring (bicyclic) bond motifs is 3. The molecule has 1 amide bonds. The number of amides is 1. The quantitative estimate of drug-likeness (QED) is 0.864. The summed E-state index contributed by atoms with van der Waals surface area (Å²) < 4.78 is 2.01. The molecule has 0 radical (unpaired) electrons. The van der Waals surface area contributed by atoms with E-state index in [0.29, 0.717) is 18.0 Å². The fourth-order valence-electron chi connectivity index (χ4n) is 2.92. The van der Waals surface area contributed by atoms with Gasteiger partial charge in [-0.2, -0.15) is 5.10 Å². The van der Waals surface area contributed by atoms with Crippen molar-refractivity contribution in [3.63, 3.8) is 0 Å². The first-order valence-corrected chi connectivity index (χ1v) is 8.18. The van der Waals surface area contributed by atoms with E-state index >= 15 is 0 Å². The van der Waals surface area contributed by atoms with Crippen LogP contribution in [0.1, 0.15) is 18.9 Å². The number of hydrogen-bond acceptors (Lipinski definition) is 3. The van der Waals surface area contributed by atoms with E-state index in [2.05, 4.69) is 10.00 Å². The van der Waals surface area contributed by atoms with Gasteiger partial charge >= 0.3 is 0 Å². The van der Waals surface area contributed by atoms with Crippen molar-refractivity contribution in [3.05, 3.63) is 35.0 Å². The summed E-state index contributed by atoms with van der Waals surface area (Å²) in [5.41, 5.74) is 4.04. The zero-order valence-corrected chi connectivity index (χ0v) is 14.5. The van der Waals surface area contributed by atoms with Crippen LogP contribution in [0.5, 0.6) is 0 Å². The standard InChI is InChI=1S/C17H21ClN4O/c1-4-16(23)21-11-12-10-19-22(8-7-20(2)3)17(12)14-9-13(18)5-6-15(14)21/h5-6,9-10H,4,7-8,11H2,1-3H3. The SMILES string of the molecule is CCC(=O)N1Cc2cnn(CCN(C)C)c2-c2cc(Cl)ccc21. The molecular weight excluding hydrogens is 312 g/mol. The van der Waals surface area contributed by atoms with E-state index < -0.39 is 0 Å². The van der Waals surface area contributed by atoms with E-state index in [0.717, 1.165) is 35.6 Å². The average Bonchev–Trinajstić information content (AvgIpc) is 2.94. The van der Waals surface area contributed by atoms with Gasteiger partial charge in [0.15, 0.2) is 0 Å². The van der Waals surface area contributed by atoms with Crippen molar-refractivity contribution in [2.75, 3.05) is 25.5 Å². The van der Waals surface area contributed by atoms with Crippen LogP contribution in [0.25, 0.3) is 11.3 Å². The lowest BCUT2D eigenvalue weighted by Gasteiger charge is -2.30. The van der Waals surface area contributed by atoms with Crippen molar-refractivity contribution >= 4 is 23.2 Å². The Hall–Kier alpha value is -1.85. The van der Waals surface area contributed by atoms with Crippen molar-refractivity contribution in [2.24, 2.45) is 0 Å². The van der Waals surface area contributed by atoms with Crippen LogP contribution in [0.15, 0.2) is 24.4 Å². The Morgan fingerprint density at radius 1 is 1.39 bits per heavy atom. The number of anilines is 1. The zero-order valence-electron chi connectivity index (χ0n) is 13.7. The number of benzene rings is 1. The molecule has 0 unspecified atom stereocenters. The Bertz CT molecular complexity index is 738. The molecular formula is C17H21ClN4O. The van der Waals surface area contributed by atoms with Gasteiger partial charge < -0.3 is 9.80 Å². The van der Waals surface area contributed by atoms with Crippen molar-refractivity contribution in [1.29, 1.82) is 0 Å². The summed E-state index contributed by atoms with van der Waals surface area (Å²) in [6.45, 7) is 4.16. The molecule has 0 spiro atoms. The van der Waals surface area contributed by atoms with Crippen LogP contribution in [0, 0.1) is 0 Å². The highest BCUT2D eigenvalue weighted by atomic mass is 35.5. The highest BCUT2D eigenvalue weighted by Crippen LogP contribution is 2.40. The second kappa shape index (κ2) is 6.34. The Morgan fingerprint density at radius 3 is 2.87 bits per heavy atom. The lowest BCUT2D eigenvalue weighted by molar-refractivity contribution is -0.118. The summed E-state index contributed by atoms with van der Waals surface area (Å²) in [7, 11) is 4.09. The highest BCUT2D eigenvalue weighted by Gasteiger charge is 2.28. The Labute approximate surface area is 141 Å². The smallest absolute Gasteiger partial charge is 0.227 e. The van der Waals surface area contributed by atoms with E-state index in [9.17, 15) is 4.79 Å². The predicted octanol–water partition coefficient (Wildman–Crippen LogP) is 3.02. The number of nitrogens with zero attached hydrogens (tertiary/aromatic N) is 4. The van der Waals surface area contributed by atoms with E-state index in [1.165, 1.54) is 0 Å². The van der Waals surface area contributed by atoms with E-state index in [-0.39, 0.29) is 5.91 Å². The van der Waals surface area contributed by atoms with Crippen LogP contribution in [-0.4, -0.2) is 41.2 Å². The molecule has 6 heteroatoms. The molecule has 1 aromatic carbocycles. The molecule has 0 saturated heterocycles. The van der Waals surface area contributed by atoms with Crippen LogP contribution in [0.4, 0.5) is 5.69 Å².